The van der Waals surface area contributed by atoms with E-state index in [9.17, 15) is 0 Å². The predicted molar refractivity (Wildman–Crippen MR) is 53.3 cm³/mol. The number of rotatable bonds is 2. The molecule has 0 spiro atoms. The Hall–Kier alpha value is -0.610. The van der Waals surface area contributed by atoms with Crippen molar-refractivity contribution in [2.24, 2.45) is 13.0 Å². The van der Waals surface area contributed by atoms with Crippen LogP contribution in [0, 0.1) is 5.92 Å². The molecule has 2 atom stereocenters. The summed E-state index contributed by atoms with van der Waals surface area (Å²) in [6.45, 7) is 1.52. The zero-order valence-electron chi connectivity index (χ0n) is 8.19. The van der Waals surface area contributed by atoms with Gasteiger partial charge in [0.15, 0.2) is 0 Å². The first-order valence-electron chi connectivity index (χ1n) is 4.82. The molecule has 2 heterocycles. The zero-order valence-corrected chi connectivity index (χ0v) is 8.94. The summed E-state index contributed by atoms with van der Waals surface area (Å²) in [5.74, 6) is 1.35. The van der Waals surface area contributed by atoms with Crippen molar-refractivity contribution < 1.29 is 4.74 Å². The number of aryl methyl sites for hydroxylation is 1. The van der Waals surface area contributed by atoms with Crippen molar-refractivity contribution in [3.8, 4) is 0 Å². The van der Waals surface area contributed by atoms with Crippen LogP contribution in [0.25, 0.3) is 0 Å². The second kappa shape index (κ2) is 4.28. The molecule has 1 aromatic rings. The third-order valence-corrected chi connectivity index (χ3v) is 3.21. The van der Waals surface area contributed by atoms with Crippen molar-refractivity contribution in [1.82, 2.24) is 14.8 Å². The average molecular weight is 216 g/mol. The topological polar surface area (TPSA) is 39.9 Å². The summed E-state index contributed by atoms with van der Waals surface area (Å²) in [5, 5.41) is 4.24. The van der Waals surface area contributed by atoms with Crippen LogP contribution in [0.4, 0.5) is 0 Å². The second-order valence-electron chi connectivity index (χ2n) is 3.64. The van der Waals surface area contributed by atoms with Crippen molar-refractivity contribution >= 4 is 11.6 Å². The number of aromatic nitrogens is 3. The normalized spacial score (nSPS) is 27.9. The fraction of sp³-hybridized carbons (Fsp3) is 0.778. The maximum absolute atomic E-state index is 6.21. The molecule has 0 radical (unpaired) electrons. The Morgan fingerprint density at radius 1 is 1.71 bits per heavy atom. The Morgan fingerprint density at radius 2 is 2.57 bits per heavy atom. The van der Waals surface area contributed by atoms with Crippen LogP contribution in [0.15, 0.2) is 6.33 Å². The van der Waals surface area contributed by atoms with E-state index < -0.39 is 0 Å². The monoisotopic (exact) mass is 215 g/mol. The van der Waals surface area contributed by atoms with E-state index in [1.165, 1.54) is 0 Å². The number of ether oxygens (including phenoxy) is 1. The minimum atomic E-state index is 0.209. The number of hydrogen-bond donors (Lipinski definition) is 0. The highest BCUT2D eigenvalue weighted by molar-refractivity contribution is 6.20. The van der Waals surface area contributed by atoms with Crippen LogP contribution in [-0.2, 0) is 18.2 Å². The van der Waals surface area contributed by atoms with Gasteiger partial charge in [-0.1, -0.05) is 0 Å². The van der Waals surface area contributed by atoms with E-state index in [4.69, 9.17) is 16.3 Å². The quantitative estimate of drug-likeness (QED) is 0.692. The molecule has 4 nitrogen and oxygen atoms in total. The fourth-order valence-corrected chi connectivity index (χ4v) is 1.95. The van der Waals surface area contributed by atoms with Gasteiger partial charge in [0.1, 0.15) is 12.2 Å². The first-order valence-corrected chi connectivity index (χ1v) is 5.25. The van der Waals surface area contributed by atoms with Crippen LogP contribution >= 0.6 is 11.6 Å². The van der Waals surface area contributed by atoms with Crippen molar-refractivity contribution in [2.75, 3.05) is 13.2 Å². The van der Waals surface area contributed by atoms with Gasteiger partial charge < -0.3 is 4.74 Å². The van der Waals surface area contributed by atoms with Crippen LogP contribution in [0.5, 0.6) is 0 Å². The van der Waals surface area contributed by atoms with Crippen molar-refractivity contribution in [2.45, 2.75) is 18.2 Å². The van der Waals surface area contributed by atoms with Gasteiger partial charge in [0.25, 0.3) is 0 Å². The summed E-state index contributed by atoms with van der Waals surface area (Å²) in [6.07, 6.45) is 3.36. The van der Waals surface area contributed by atoms with E-state index in [0.29, 0.717) is 5.92 Å². The summed E-state index contributed by atoms with van der Waals surface area (Å²) in [4.78, 5) is 4.18. The van der Waals surface area contributed by atoms with Gasteiger partial charge >= 0.3 is 0 Å². The molecule has 0 N–H and O–H groups in total. The molecule has 0 amide bonds. The molecule has 1 saturated heterocycles. The van der Waals surface area contributed by atoms with Crippen LogP contribution < -0.4 is 0 Å². The molecule has 0 saturated carbocycles. The van der Waals surface area contributed by atoms with Crippen LogP contribution in [0.1, 0.15) is 12.2 Å². The van der Waals surface area contributed by atoms with Gasteiger partial charge in [0, 0.05) is 31.4 Å². The van der Waals surface area contributed by atoms with E-state index in [1.54, 1.807) is 11.0 Å². The van der Waals surface area contributed by atoms with Gasteiger partial charge in [-0.25, -0.2) is 4.98 Å². The minimum Gasteiger partial charge on any atom is -0.381 e. The molecule has 1 aliphatic heterocycles. The maximum atomic E-state index is 6.21. The Kier molecular flexibility index (Phi) is 3.03. The number of halogens is 1. The van der Waals surface area contributed by atoms with Gasteiger partial charge in [-0.3, -0.25) is 4.68 Å². The lowest BCUT2D eigenvalue weighted by Crippen LogP contribution is -2.30. The van der Waals surface area contributed by atoms with Crippen molar-refractivity contribution in [3.63, 3.8) is 0 Å². The lowest BCUT2D eigenvalue weighted by molar-refractivity contribution is 0.0568. The zero-order chi connectivity index (χ0) is 9.97. The van der Waals surface area contributed by atoms with Crippen LogP contribution in [0.2, 0.25) is 0 Å². The van der Waals surface area contributed by atoms with E-state index in [1.807, 2.05) is 7.05 Å². The Bertz CT molecular complexity index is 302. The molecule has 78 valence electrons. The summed E-state index contributed by atoms with van der Waals surface area (Å²) >= 11 is 6.21. The molecule has 0 aliphatic carbocycles. The molecule has 2 rings (SSSR count). The summed E-state index contributed by atoms with van der Waals surface area (Å²) in [5.41, 5.74) is 0. The summed E-state index contributed by atoms with van der Waals surface area (Å²) in [6, 6.07) is 0. The fourth-order valence-electron chi connectivity index (χ4n) is 1.70. The van der Waals surface area contributed by atoms with E-state index >= 15 is 0 Å². The Morgan fingerprint density at radius 3 is 3.21 bits per heavy atom. The number of nitrogens with zero attached hydrogens (tertiary/aromatic N) is 3. The first kappa shape index (κ1) is 9.93. The first-order chi connectivity index (χ1) is 6.77. The van der Waals surface area contributed by atoms with E-state index in [-0.39, 0.29) is 5.38 Å². The van der Waals surface area contributed by atoms with E-state index in [2.05, 4.69) is 10.1 Å². The molecule has 1 aliphatic rings. The van der Waals surface area contributed by atoms with Gasteiger partial charge in [0.05, 0.1) is 6.61 Å². The van der Waals surface area contributed by atoms with Gasteiger partial charge in [0.2, 0.25) is 0 Å². The van der Waals surface area contributed by atoms with Gasteiger partial charge in [-0.2, -0.15) is 5.10 Å². The smallest absolute Gasteiger partial charge is 0.138 e. The number of hydrogen-bond acceptors (Lipinski definition) is 3. The third kappa shape index (κ3) is 2.07. The summed E-state index contributed by atoms with van der Waals surface area (Å²) < 4.78 is 7.19. The van der Waals surface area contributed by atoms with Crippen LogP contribution in [0.3, 0.4) is 0 Å². The van der Waals surface area contributed by atoms with Gasteiger partial charge in [-0.05, 0) is 6.42 Å². The summed E-state index contributed by atoms with van der Waals surface area (Å²) in [7, 11) is 1.90. The SMILES string of the molecule is Cn1ncnc1CC1COCCC1Cl. The lowest BCUT2D eigenvalue weighted by atomic mass is 9.98. The predicted octanol–water partition coefficient (Wildman–Crippen LogP) is 1.00. The molecule has 2 unspecified atom stereocenters. The highest BCUT2D eigenvalue weighted by Gasteiger charge is 2.25. The molecule has 5 heteroatoms. The molecule has 1 aromatic heterocycles. The Balaban J connectivity index is 1.99. The molecule has 1 fully saturated rings. The number of alkyl halides is 1. The van der Waals surface area contributed by atoms with E-state index in [0.717, 1.165) is 31.9 Å². The molecular formula is C9H14ClN3O. The van der Waals surface area contributed by atoms with Crippen LogP contribution in [-0.4, -0.2) is 33.4 Å². The van der Waals surface area contributed by atoms with Crippen molar-refractivity contribution in [3.05, 3.63) is 12.2 Å². The van der Waals surface area contributed by atoms with Crippen molar-refractivity contribution in [1.29, 1.82) is 0 Å². The maximum Gasteiger partial charge on any atom is 0.138 e. The average Bonchev–Trinajstić information content (AvgIpc) is 2.56. The second-order valence-corrected chi connectivity index (χ2v) is 4.20. The highest BCUT2D eigenvalue weighted by Crippen LogP contribution is 2.23. The van der Waals surface area contributed by atoms with Gasteiger partial charge in [-0.15, -0.1) is 11.6 Å². The molecule has 0 aromatic carbocycles. The molecule has 14 heavy (non-hydrogen) atoms. The third-order valence-electron chi connectivity index (χ3n) is 2.63. The minimum absolute atomic E-state index is 0.209. The molecule has 0 bridgehead atoms. The largest absolute Gasteiger partial charge is 0.381 e. The molecular weight excluding hydrogens is 202 g/mol. The highest BCUT2D eigenvalue weighted by atomic mass is 35.5. The Labute approximate surface area is 88.2 Å². The lowest BCUT2D eigenvalue weighted by Gasteiger charge is -2.26. The standard InChI is InChI=1S/C9H14ClN3O/c1-13-9(11-6-12-13)4-7-5-14-3-2-8(7)10/h6-8H,2-5H2,1H3.